The first-order valence-corrected chi connectivity index (χ1v) is 46.6. The van der Waals surface area contributed by atoms with Crippen molar-refractivity contribution in [2.75, 3.05) is 38.2 Å². The molecule has 0 fully saturated rings. The van der Waals surface area contributed by atoms with Crippen LogP contribution in [0.2, 0.25) is 0 Å². The molecule has 19 amide bonds. The monoisotopic (exact) mass is 1990 g/mol. The van der Waals surface area contributed by atoms with Crippen LogP contribution in [0.5, 0.6) is 5.75 Å². The number of hydrogen-bond acceptors (Lipinski definition) is 28. The molecule has 140 heavy (non-hydrogen) atoms. The minimum absolute atomic E-state index is 0.185. The zero-order valence-corrected chi connectivity index (χ0v) is 80.4. The van der Waals surface area contributed by atoms with Crippen molar-refractivity contribution in [2.45, 2.75) is 255 Å². The number of nitrogens with one attached hydrogen (secondary N) is 18. The standard InChI is InChI=1S/C90H133N21O28S/c1-12-44(5)71(107-68(120)40-95-76(124)46(7)98-79(127)58(28-30-70(122)123)100-77(125)55(91)31-32-140-11)87(135)111-73(47(8)113)86(134)97-41-69(121)108-74(48(9)114)88(136)106-62(36-52-38-94-56-22-18-17-21-54(52)56)82(130)103-60(35-51-23-25-53(116)26-24-51)81(129)104-63(37-66(93)118)83(131)101-57(27-29-65(92)117)80(128)102-59(33-43(3)4)78(126)96-39-67(119)99-64(42-112)85(133)110-75(49(10)115)89(137)105-61(34-50-19-15-14-16-20-50)84(132)109-72(90(138)139)45(6)13-2/h14-26,38,43-49,55,57-64,71-75,94,112-116H,12-13,27-37,39-42,91H2,1-11H3,(H2,92,117)(H2,93,118)(H,95,124)(H,96,126)(H,97,134)(H,98,127)(H,99,119)(H,100,125)(H,101,131)(H,102,128)(H,103,130)(H,104,129)(H,105,137)(H,106,136)(H,107,120)(H,108,121)(H,109,132)(H,110,133)(H,111,135)(H,122,123)(H,138,139)/t44-,45-,46-,47+,48+,49+,55-,57-,58-,59-,60-,61-,62-,63-,64-,71-,72-,73-,74-,75-/m0/s1. The van der Waals surface area contributed by atoms with Crippen molar-refractivity contribution < 1.29 is 136 Å². The maximum Gasteiger partial charge on any atom is 0.326 e. The highest BCUT2D eigenvalue weighted by atomic mass is 32.2. The van der Waals surface area contributed by atoms with Crippen LogP contribution in [0, 0.1) is 17.8 Å². The molecule has 0 aliphatic heterocycles. The first-order chi connectivity index (χ1) is 65.9. The van der Waals surface area contributed by atoms with E-state index in [9.17, 15) is 132 Å². The van der Waals surface area contributed by atoms with Crippen molar-refractivity contribution >= 4 is 147 Å². The number of aromatic amines is 1. The number of amides is 19. The van der Waals surface area contributed by atoms with Gasteiger partial charge in [0, 0.05) is 49.2 Å². The van der Waals surface area contributed by atoms with Crippen LogP contribution in [0.3, 0.4) is 0 Å². The number of H-pyrrole nitrogens is 1. The van der Waals surface area contributed by atoms with E-state index in [4.69, 9.17) is 17.2 Å². The second-order valence-electron chi connectivity index (χ2n) is 34.2. The lowest BCUT2D eigenvalue weighted by atomic mass is 9.97. The van der Waals surface area contributed by atoms with E-state index in [0.717, 1.165) is 20.8 Å². The second kappa shape index (κ2) is 59.3. The molecule has 4 rings (SSSR count). The first-order valence-electron chi connectivity index (χ1n) is 45.3. The maximum atomic E-state index is 15.1. The normalized spacial score (nSPS) is 15.5. The number of aromatic hydroxyl groups is 1. The third-order valence-electron chi connectivity index (χ3n) is 22.2. The van der Waals surface area contributed by atoms with Crippen LogP contribution in [0.4, 0.5) is 0 Å². The summed E-state index contributed by atoms with van der Waals surface area (Å²) in [4.78, 5) is 289. The molecule has 0 radical (unpaired) electrons. The highest BCUT2D eigenvalue weighted by Gasteiger charge is 2.41. The number of para-hydroxylation sites is 1. The van der Waals surface area contributed by atoms with Crippen molar-refractivity contribution in [3.05, 3.63) is 102 Å². The number of primary amides is 2. The third-order valence-corrected chi connectivity index (χ3v) is 22.9. The molecule has 0 saturated carbocycles. The average Bonchev–Trinajstić information content (AvgIpc) is 1.60. The Morgan fingerprint density at radius 1 is 0.393 bits per heavy atom. The molecule has 3 aromatic carbocycles. The number of fused-ring (bicyclic) bond motifs is 1. The SMILES string of the molecule is CC[C@H](C)[C@H](NC(=O)[C@H](Cc1ccccc1)NC(=O)[C@@H](NC(=O)[C@H](CO)NC(=O)CNC(=O)[C@H](CC(C)C)NC(=O)[C@H](CCC(N)=O)NC(=O)[C@H](CC(N)=O)NC(=O)[C@H](Cc1ccc(O)cc1)NC(=O)[C@H](Cc1c[nH]c2ccccc12)NC(=O)[C@@H](NC(=O)CNC(=O)[C@@H](NC(=O)[C@@H](NC(=O)CNC(=O)[C@H](C)NC(=O)[C@H](CCC(=O)O)NC(=O)[C@@H](N)CCSC)[C@@H](C)CC)[C@@H](C)O)[C@@H](C)O)[C@@H](C)O)C(=O)O. The van der Waals surface area contributed by atoms with Gasteiger partial charge < -0.3 is 148 Å². The molecular weight excluding hydrogens is 1860 g/mol. The summed E-state index contributed by atoms with van der Waals surface area (Å²) >= 11 is 1.42. The van der Waals surface area contributed by atoms with Gasteiger partial charge in [-0.1, -0.05) is 115 Å². The van der Waals surface area contributed by atoms with Gasteiger partial charge in [-0.2, -0.15) is 11.8 Å². The Kier molecular flexibility index (Phi) is 50.2. The second-order valence-corrected chi connectivity index (χ2v) is 35.2. The summed E-state index contributed by atoms with van der Waals surface area (Å²) in [6, 6.07) is -4.88. The molecule has 49 nitrogen and oxygen atoms in total. The summed E-state index contributed by atoms with van der Waals surface area (Å²) in [7, 11) is 0. The summed E-state index contributed by atoms with van der Waals surface area (Å²) in [5, 5.41) is 113. The van der Waals surface area contributed by atoms with Gasteiger partial charge >= 0.3 is 11.9 Å². The predicted molar refractivity (Wildman–Crippen MR) is 504 cm³/mol. The number of carbonyl (C=O) groups excluding carboxylic acids is 19. The fraction of sp³-hybridized carbons (Fsp3) is 0.544. The van der Waals surface area contributed by atoms with E-state index in [1.54, 1.807) is 102 Å². The molecule has 0 aliphatic carbocycles. The number of carbonyl (C=O) groups is 21. The quantitative estimate of drug-likeness (QED) is 0.0195. The van der Waals surface area contributed by atoms with Crippen LogP contribution in [0.15, 0.2) is 85.1 Å². The molecule has 772 valence electrons. The van der Waals surface area contributed by atoms with E-state index in [1.165, 1.54) is 49.1 Å². The molecule has 20 atom stereocenters. The Balaban J connectivity index is 1.54. The zero-order chi connectivity index (χ0) is 105. The lowest BCUT2D eigenvalue weighted by Gasteiger charge is -2.28. The third kappa shape index (κ3) is 40.6. The number of aliphatic hydroxyl groups excluding tert-OH is 4. The van der Waals surface area contributed by atoms with E-state index < -0.39 is 316 Å². The maximum absolute atomic E-state index is 15.1. The molecule has 0 spiro atoms. The summed E-state index contributed by atoms with van der Waals surface area (Å²) in [6.07, 6.45) is -5.68. The Morgan fingerprint density at radius 3 is 1.32 bits per heavy atom. The van der Waals surface area contributed by atoms with Gasteiger partial charge in [-0.15, -0.1) is 0 Å². The van der Waals surface area contributed by atoms with Crippen LogP contribution in [-0.4, -0.2) is 312 Å². The number of hydrogen-bond donors (Lipinski definition) is 28. The lowest BCUT2D eigenvalue weighted by molar-refractivity contribution is -0.144. The molecule has 0 bridgehead atoms. The van der Waals surface area contributed by atoms with Gasteiger partial charge in [0.05, 0.1) is 57.0 Å². The molecular formula is C90H133N21O28S. The number of aliphatic hydroxyl groups is 4. The predicted octanol–water partition coefficient (Wildman–Crippen LogP) is -7.50. The molecule has 50 heteroatoms. The van der Waals surface area contributed by atoms with Crippen LogP contribution in [-0.2, 0) is 120 Å². The van der Waals surface area contributed by atoms with Crippen LogP contribution in [0.25, 0.3) is 10.9 Å². The fourth-order valence-corrected chi connectivity index (χ4v) is 14.3. The first kappa shape index (κ1) is 118. The average molecular weight is 1990 g/mol. The summed E-state index contributed by atoms with van der Waals surface area (Å²) in [6.45, 7) is 10.3. The number of carboxylic acid groups (broad SMARTS) is 2. The number of benzene rings is 3. The van der Waals surface area contributed by atoms with Gasteiger partial charge in [0.15, 0.2) is 0 Å². The summed E-state index contributed by atoms with van der Waals surface area (Å²) in [5.74, 6) is -25.1. The zero-order valence-electron chi connectivity index (χ0n) is 79.6. The molecule has 4 aromatic rings. The molecule has 1 aromatic heterocycles. The van der Waals surface area contributed by atoms with Gasteiger partial charge in [-0.25, -0.2) is 4.79 Å². The molecule has 1 heterocycles. The van der Waals surface area contributed by atoms with Gasteiger partial charge in [0.25, 0.3) is 0 Å². The van der Waals surface area contributed by atoms with E-state index in [0.29, 0.717) is 34.2 Å². The minimum atomic E-state index is -2.06. The highest BCUT2D eigenvalue weighted by molar-refractivity contribution is 7.98. The van der Waals surface area contributed by atoms with Crippen LogP contribution in [0.1, 0.15) is 144 Å². The number of thioether (sulfide) groups is 1. The number of nitrogens with two attached hydrogens (primary N) is 3. The van der Waals surface area contributed by atoms with Gasteiger partial charge in [-0.3, -0.25) is 95.9 Å². The fourth-order valence-electron chi connectivity index (χ4n) is 13.8. The van der Waals surface area contributed by atoms with Crippen LogP contribution < -0.4 is 108 Å². The highest BCUT2D eigenvalue weighted by Crippen LogP contribution is 2.22. The molecule has 31 N–H and O–H groups in total. The van der Waals surface area contributed by atoms with Crippen molar-refractivity contribution in [3.8, 4) is 5.75 Å². The number of phenols is 1. The van der Waals surface area contributed by atoms with E-state index in [1.807, 2.05) is 0 Å². The topological polar surface area (TPSA) is 798 Å². The van der Waals surface area contributed by atoms with Gasteiger partial charge in [0.2, 0.25) is 112 Å². The Morgan fingerprint density at radius 2 is 0.800 bits per heavy atom. The van der Waals surface area contributed by atoms with Gasteiger partial charge in [-0.05, 0) is 118 Å². The van der Waals surface area contributed by atoms with Crippen molar-refractivity contribution in [3.63, 3.8) is 0 Å². The van der Waals surface area contributed by atoms with Crippen LogP contribution >= 0.6 is 11.8 Å². The Labute approximate surface area is 810 Å². The van der Waals surface area contributed by atoms with Crippen molar-refractivity contribution in [1.29, 1.82) is 0 Å². The largest absolute Gasteiger partial charge is 0.508 e. The van der Waals surface area contributed by atoms with E-state index in [2.05, 4.69) is 95.4 Å². The lowest BCUT2D eigenvalue weighted by Crippen LogP contribution is -2.62. The Hall–Kier alpha value is -14.0. The van der Waals surface area contributed by atoms with E-state index in [-0.39, 0.29) is 43.4 Å². The Bertz CT molecular complexity index is 4950. The molecule has 0 aliphatic rings. The number of rotatable bonds is 62. The number of phenolic OH excluding ortho intramolecular Hbond substituents is 1. The number of carboxylic acids is 2. The van der Waals surface area contributed by atoms with Crippen molar-refractivity contribution in [1.82, 2.24) is 95.4 Å². The smallest absolute Gasteiger partial charge is 0.326 e. The summed E-state index contributed by atoms with van der Waals surface area (Å²) < 4.78 is 0. The number of aromatic nitrogens is 1. The minimum Gasteiger partial charge on any atom is -0.508 e. The van der Waals surface area contributed by atoms with Gasteiger partial charge in [0.1, 0.15) is 90.3 Å². The summed E-state index contributed by atoms with van der Waals surface area (Å²) in [5.41, 5.74) is 18.7. The van der Waals surface area contributed by atoms with E-state index >= 15 is 4.79 Å². The molecule has 0 unspecified atom stereocenters. The molecule has 0 saturated heterocycles. The number of aliphatic carboxylic acids is 2. The van der Waals surface area contributed by atoms with Crippen molar-refractivity contribution in [2.24, 2.45) is 35.0 Å².